The molecule has 124 valence electrons. The monoisotopic (exact) mass is 337 g/mol. The van der Waals surface area contributed by atoms with Crippen LogP contribution in [0.2, 0.25) is 0 Å². The molecule has 0 saturated heterocycles. The summed E-state index contributed by atoms with van der Waals surface area (Å²) in [5.74, 6) is 1.16. The van der Waals surface area contributed by atoms with Gasteiger partial charge in [-0.25, -0.2) is 0 Å². The summed E-state index contributed by atoms with van der Waals surface area (Å²) in [6.07, 6.45) is -0.782. The predicted molar refractivity (Wildman–Crippen MR) is 89.5 cm³/mol. The van der Waals surface area contributed by atoms with Crippen LogP contribution in [0.15, 0.2) is 29.1 Å². The Morgan fingerprint density at radius 3 is 2.70 bits per heavy atom. The molecule has 0 bridgehead atoms. The minimum atomic E-state index is -0.782. The molecule has 0 saturated carbocycles. The fourth-order valence-corrected chi connectivity index (χ4v) is 2.49. The number of hydrogen-bond donors (Lipinski definition) is 3. The maximum absolute atomic E-state index is 11.8. The fourth-order valence-electron chi connectivity index (χ4n) is 2.22. The number of nitrogens with zero attached hydrogens (tertiary/aromatic N) is 1. The van der Waals surface area contributed by atoms with Gasteiger partial charge in [-0.2, -0.15) is 0 Å². The lowest BCUT2D eigenvalue weighted by Crippen LogP contribution is -2.27. The molecule has 0 aliphatic heterocycles. The van der Waals surface area contributed by atoms with Crippen LogP contribution in [-0.2, 0) is 6.54 Å². The van der Waals surface area contributed by atoms with E-state index < -0.39 is 6.10 Å². The summed E-state index contributed by atoms with van der Waals surface area (Å²) in [5.41, 5.74) is 6.33. The van der Waals surface area contributed by atoms with Crippen LogP contribution in [-0.4, -0.2) is 41.5 Å². The molecule has 7 nitrogen and oxygen atoms in total. The zero-order valence-electron chi connectivity index (χ0n) is 12.9. The van der Waals surface area contributed by atoms with Crippen molar-refractivity contribution in [2.45, 2.75) is 12.6 Å². The number of aromatic nitrogens is 2. The second-order valence-corrected chi connectivity index (χ2v) is 5.28. The third-order valence-corrected chi connectivity index (χ3v) is 3.71. The highest BCUT2D eigenvalue weighted by atomic mass is 32.1. The number of hydrogen-bond acceptors (Lipinski definition) is 6. The average Bonchev–Trinajstić information content (AvgIpc) is 2.56. The second-order valence-electron chi connectivity index (χ2n) is 4.89. The molecule has 4 N–H and O–H groups in total. The first kappa shape index (κ1) is 17.2. The van der Waals surface area contributed by atoms with Gasteiger partial charge >= 0.3 is 0 Å². The first-order valence-corrected chi connectivity index (χ1v) is 7.35. The van der Waals surface area contributed by atoms with Crippen molar-refractivity contribution in [1.82, 2.24) is 9.55 Å². The Labute approximate surface area is 138 Å². The standard InChI is InChI=1S/C15H19N3O4S/c1-21-10-3-4-11(13(5-10)22-2)12-6-14(20)17-15(23)18(12)8-9(19)7-16/h3-6,9,19H,7-8,16H2,1-2H3,(H,17,20,23)/t9-/m1/s1. The van der Waals surface area contributed by atoms with Crippen molar-refractivity contribution in [3.63, 3.8) is 0 Å². The van der Waals surface area contributed by atoms with Crippen molar-refractivity contribution in [2.75, 3.05) is 20.8 Å². The van der Waals surface area contributed by atoms with Gasteiger partial charge in [0.2, 0.25) is 0 Å². The Bertz CT molecular complexity index is 800. The highest BCUT2D eigenvalue weighted by Crippen LogP contribution is 2.32. The number of nitrogens with two attached hydrogens (primary N) is 1. The molecule has 0 fully saturated rings. The highest BCUT2D eigenvalue weighted by molar-refractivity contribution is 7.71. The van der Waals surface area contributed by atoms with E-state index in [0.717, 1.165) is 0 Å². The lowest BCUT2D eigenvalue weighted by molar-refractivity contribution is 0.161. The Balaban J connectivity index is 2.67. The van der Waals surface area contributed by atoms with E-state index in [-0.39, 0.29) is 23.4 Å². The first-order chi connectivity index (χ1) is 11.0. The molecule has 0 aliphatic rings. The summed E-state index contributed by atoms with van der Waals surface area (Å²) < 4.78 is 12.4. The smallest absolute Gasteiger partial charge is 0.252 e. The van der Waals surface area contributed by atoms with E-state index in [1.165, 1.54) is 13.2 Å². The van der Waals surface area contributed by atoms with Crippen LogP contribution in [0.1, 0.15) is 0 Å². The van der Waals surface area contributed by atoms with E-state index in [1.54, 1.807) is 29.9 Å². The molecule has 0 amide bonds. The van der Waals surface area contributed by atoms with Crippen LogP contribution in [0.5, 0.6) is 11.5 Å². The molecule has 1 atom stereocenters. The molecule has 0 spiro atoms. The molecule has 1 heterocycles. The van der Waals surface area contributed by atoms with Crippen LogP contribution < -0.4 is 20.8 Å². The lowest BCUT2D eigenvalue weighted by Gasteiger charge is -2.18. The van der Waals surface area contributed by atoms with Crippen molar-refractivity contribution < 1.29 is 14.6 Å². The van der Waals surface area contributed by atoms with E-state index in [0.29, 0.717) is 22.8 Å². The Morgan fingerprint density at radius 1 is 1.35 bits per heavy atom. The van der Waals surface area contributed by atoms with Crippen LogP contribution in [0, 0.1) is 4.77 Å². The van der Waals surface area contributed by atoms with Gasteiger partial charge in [0.1, 0.15) is 11.5 Å². The molecular weight excluding hydrogens is 318 g/mol. The number of rotatable bonds is 6. The van der Waals surface area contributed by atoms with Gasteiger partial charge in [0.05, 0.1) is 32.6 Å². The summed E-state index contributed by atoms with van der Waals surface area (Å²) >= 11 is 5.21. The molecule has 2 rings (SSSR count). The van der Waals surface area contributed by atoms with Gasteiger partial charge in [-0.15, -0.1) is 0 Å². The van der Waals surface area contributed by atoms with Crippen molar-refractivity contribution in [3.05, 3.63) is 39.4 Å². The first-order valence-electron chi connectivity index (χ1n) is 6.94. The van der Waals surface area contributed by atoms with E-state index in [9.17, 15) is 9.90 Å². The highest BCUT2D eigenvalue weighted by Gasteiger charge is 2.15. The largest absolute Gasteiger partial charge is 0.497 e. The van der Waals surface area contributed by atoms with Crippen molar-refractivity contribution in [1.29, 1.82) is 0 Å². The Kier molecular flexibility index (Phi) is 5.54. The third kappa shape index (κ3) is 3.79. The average molecular weight is 337 g/mol. The molecular formula is C15H19N3O4S. The van der Waals surface area contributed by atoms with Gasteiger partial charge in [-0.3, -0.25) is 9.78 Å². The van der Waals surface area contributed by atoms with Crippen molar-refractivity contribution >= 4 is 12.2 Å². The summed E-state index contributed by atoms with van der Waals surface area (Å²) in [5, 5.41) is 9.85. The maximum Gasteiger partial charge on any atom is 0.252 e. The number of aromatic amines is 1. The normalized spacial score (nSPS) is 12.0. The summed E-state index contributed by atoms with van der Waals surface area (Å²) in [6, 6.07) is 6.64. The third-order valence-electron chi connectivity index (χ3n) is 3.38. The predicted octanol–water partition coefficient (Wildman–Crippen LogP) is 0.910. The molecule has 1 aromatic carbocycles. The van der Waals surface area contributed by atoms with Crippen molar-refractivity contribution in [3.8, 4) is 22.8 Å². The van der Waals surface area contributed by atoms with Gasteiger partial charge in [-0.1, -0.05) is 0 Å². The quantitative estimate of drug-likeness (QED) is 0.677. The number of H-pyrrole nitrogens is 1. The Morgan fingerprint density at radius 2 is 2.09 bits per heavy atom. The number of benzene rings is 1. The minimum Gasteiger partial charge on any atom is -0.497 e. The number of methoxy groups -OCH3 is 2. The zero-order chi connectivity index (χ0) is 17.0. The van der Waals surface area contributed by atoms with Gasteiger partial charge in [0, 0.05) is 24.2 Å². The molecule has 23 heavy (non-hydrogen) atoms. The lowest BCUT2D eigenvalue weighted by atomic mass is 10.1. The molecule has 0 unspecified atom stereocenters. The number of ether oxygens (including phenoxy) is 2. The SMILES string of the molecule is COc1ccc(-c2cc(=O)[nH]c(=S)n2C[C@H](O)CN)c(OC)c1. The minimum absolute atomic E-state index is 0.0834. The zero-order valence-corrected chi connectivity index (χ0v) is 13.7. The number of aliphatic hydroxyl groups excluding tert-OH is 1. The van der Waals surface area contributed by atoms with E-state index in [1.807, 2.05) is 0 Å². The number of nitrogens with one attached hydrogen (secondary N) is 1. The van der Waals surface area contributed by atoms with Crippen molar-refractivity contribution in [2.24, 2.45) is 5.73 Å². The second kappa shape index (κ2) is 7.40. The van der Waals surface area contributed by atoms with Gasteiger partial charge in [0.25, 0.3) is 5.56 Å². The van der Waals surface area contributed by atoms with Gasteiger partial charge < -0.3 is 24.9 Å². The summed E-state index contributed by atoms with van der Waals surface area (Å²) in [6.45, 7) is 0.247. The topological polar surface area (TPSA) is 102 Å². The maximum atomic E-state index is 11.8. The van der Waals surface area contributed by atoms with Crippen LogP contribution in [0.4, 0.5) is 0 Å². The van der Waals surface area contributed by atoms with E-state index >= 15 is 0 Å². The molecule has 0 radical (unpaired) electrons. The molecule has 0 aliphatic carbocycles. The van der Waals surface area contributed by atoms with Crippen LogP contribution in [0.25, 0.3) is 11.3 Å². The van der Waals surface area contributed by atoms with Gasteiger partial charge in [0.15, 0.2) is 4.77 Å². The number of aliphatic hydroxyl groups is 1. The van der Waals surface area contributed by atoms with Crippen LogP contribution in [0.3, 0.4) is 0 Å². The Hall–Kier alpha value is -2.16. The fraction of sp³-hybridized carbons (Fsp3) is 0.333. The van der Waals surface area contributed by atoms with E-state index in [4.69, 9.17) is 27.4 Å². The van der Waals surface area contributed by atoms with Gasteiger partial charge in [-0.05, 0) is 24.4 Å². The molecule has 2 aromatic rings. The summed E-state index contributed by atoms with van der Waals surface area (Å²) in [4.78, 5) is 14.4. The summed E-state index contributed by atoms with van der Waals surface area (Å²) in [7, 11) is 3.08. The van der Waals surface area contributed by atoms with E-state index in [2.05, 4.69) is 4.98 Å². The molecule has 8 heteroatoms. The molecule has 1 aromatic heterocycles. The van der Waals surface area contributed by atoms with Crippen LogP contribution >= 0.6 is 12.2 Å².